The number of aromatic nitrogens is 1. The van der Waals surface area contributed by atoms with Gasteiger partial charge in [0.2, 0.25) is 0 Å². The molecular formula is C25H26N2O4. The lowest BCUT2D eigenvalue weighted by Gasteiger charge is -2.14. The quantitative estimate of drug-likeness (QED) is 0.451. The molecule has 0 saturated heterocycles. The zero-order chi connectivity index (χ0) is 22.5. The smallest absolute Gasteiger partial charge is 0.340 e. The molecule has 1 atom stereocenters. The molecule has 6 heteroatoms. The van der Waals surface area contributed by atoms with Crippen LogP contribution in [-0.2, 0) is 16.1 Å². The van der Waals surface area contributed by atoms with E-state index in [9.17, 15) is 14.4 Å². The van der Waals surface area contributed by atoms with Gasteiger partial charge < -0.3 is 14.6 Å². The Hall–Kier alpha value is -3.67. The SMILES string of the molecule is CC(=O)c1cccc(NC(=O)[C@@H](C)OC(=O)c2cc(C)n(Cc3ccccc3)c2C)c1. The number of anilines is 1. The lowest BCUT2D eigenvalue weighted by Crippen LogP contribution is -2.30. The first-order valence-electron chi connectivity index (χ1n) is 10.1. The van der Waals surface area contributed by atoms with Gasteiger partial charge in [-0.1, -0.05) is 42.5 Å². The van der Waals surface area contributed by atoms with E-state index in [-0.39, 0.29) is 5.78 Å². The third kappa shape index (κ3) is 5.28. The molecule has 0 radical (unpaired) electrons. The second-order valence-corrected chi connectivity index (χ2v) is 7.53. The highest BCUT2D eigenvalue weighted by atomic mass is 16.5. The zero-order valence-corrected chi connectivity index (χ0v) is 18.1. The van der Waals surface area contributed by atoms with Gasteiger partial charge in [0.25, 0.3) is 5.91 Å². The van der Waals surface area contributed by atoms with Crippen molar-refractivity contribution in [2.45, 2.75) is 40.3 Å². The molecule has 0 saturated carbocycles. The number of carbonyl (C=O) groups is 3. The molecule has 160 valence electrons. The van der Waals surface area contributed by atoms with E-state index in [0.717, 1.165) is 17.0 Å². The molecule has 3 aromatic rings. The van der Waals surface area contributed by atoms with Crippen LogP contribution in [0.15, 0.2) is 60.7 Å². The van der Waals surface area contributed by atoms with Gasteiger partial charge in [0.1, 0.15) is 0 Å². The highest BCUT2D eigenvalue weighted by Crippen LogP contribution is 2.19. The van der Waals surface area contributed by atoms with Crippen molar-refractivity contribution in [3.63, 3.8) is 0 Å². The molecule has 1 amide bonds. The number of hydrogen-bond donors (Lipinski definition) is 1. The van der Waals surface area contributed by atoms with Crippen molar-refractivity contribution < 1.29 is 19.1 Å². The Morgan fingerprint density at radius 2 is 1.71 bits per heavy atom. The van der Waals surface area contributed by atoms with Crippen molar-refractivity contribution in [2.75, 3.05) is 5.32 Å². The maximum absolute atomic E-state index is 12.7. The van der Waals surface area contributed by atoms with Gasteiger partial charge in [0.05, 0.1) is 5.56 Å². The molecule has 0 aliphatic carbocycles. The molecule has 1 aromatic heterocycles. The highest BCUT2D eigenvalue weighted by molar-refractivity contribution is 5.99. The number of nitrogens with zero attached hydrogens (tertiary/aromatic N) is 1. The number of benzene rings is 2. The predicted molar refractivity (Wildman–Crippen MR) is 119 cm³/mol. The lowest BCUT2D eigenvalue weighted by molar-refractivity contribution is -0.123. The standard InChI is InChI=1S/C25H26N2O4/c1-16-13-23(17(2)27(16)15-20-9-6-5-7-10-20)25(30)31-19(4)24(29)26-22-12-8-11-21(14-22)18(3)28/h5-14,19H,15H2,1-4H3,(H,26,29)/t19-/m1/s1. The Bertz CT molecular complexity index is 1120. The van der Waals surface area contributed by atoms with E-state index < -0.39 is 18.0 Å². The molecule has 2 aromatic carbocycles. The van der Waals surface area contributed by atoms with Gasteiger partial charge in [-0.15, -0.1) is 0 Å². The molecule has 6 nitrogen and oxygen atoms in total. The second kappa shape index (κ2) is 9.43. The fourth-order valence-electron chi connectivity index (χ4n) is 3.35. The monoisotopic (exact) mass is 418 g/mol. The zero-order valence-electron chi connectivity index (χ0n) is 18.1. The summed E-state index contributed by atoms with van der Waals surface area (Å²) < 4.78 is 7.46. The summed E-state index contributed by atoms with van der Waals surface area (Å²) >= 11 is 0. The molecule has 0 aliphatic rings. The Morgan fingerprint density at radius 3 is 2.39 bits per heavy atom. The number of nitrogens with one attached hydrogen (secondary N) is 1. The van der Waals surface area contributed by atoms with Crippen molar-refractivity contribution in [1.29, 1.82) is 0 Å². The molecule has 1 heterocycles. The topological polar surface area (TPSA) is 77.4 Å². The van der Waals surface area contributed by atoms with Crippen LogP contribution in [0.25, 0.3) is 0 Å². The average Bonchev–Trinajstić information content (AvgIpc) is 3.03. The Balaban J connectivity index is 1.68. The van der Waals surface area contributed by atoms with Crippen LogP contribution in [-0.4, -0.2) is 28.3 Å². The molecule has 0 bridgehead atoms. The first-order valence-corrected chi connectivity index (χ1v) is 10.1. The number of esters is 1. The van der Waals surface area contributed by atoms with Crippen LogP contribution < -0.4 is 5.32 Å². The van der Waals surface area contributed by atoms with Crippen LogP contribution in [0.2, 0.25) is 0 Å². The number of rotatable bonds is 7. The van der Waals surface area contributed by atoms with Gasteiger partial charge in [0, 0.05) is 29.2 Å². The number of ketones is 1. The van der Waals surface area contributed by atoms with Crippen molar-refractivity contribution in [1.82, 2.24) is 4.57 Å². The molecule has 0 aliphatic heterocycles. The molecule has 3 rings (SSSR count). The average molecular weight is 418 g/mol. The van der Waals surface area contributed by atoms with Gasteiger partial charge in [-0.25, -0.2) is 4.79 Å². The minimum Gasteiger partial charge on any atom is -0.449 e. The summed E-state index contributed by atoms with van der Waals surface area (Å²) in [6.45, 7) is 7.43. The number of hydrogen-bond acceptors (Lipinski definition) is 4. The van der Waals surface area contributed by atoms with E-state index in [0.29, 0.717) is 23.4 Å². The number of Topliss-reactive ketones (excluding diaryl/α,β-unsaturated/α-hetero) is 1. The molecule has 31 heavy (non-hydrogen) atoms. The molecule has 1 N–H and O–H groups in total. The lowest BCUT2D eigenvalue weighted by atomic mass is 10.1. The summed E-state index contributed by atoms with van der Waals surface area (Å²) in [7, 11) is 0. The van der Waals surface area contributed by atoms with E-state index >= 15 is 0 Å². The Morgan fingerprint density at radius 1 is 1.00 bits per heavy atom. The second-order valence-electron chi connectivity index (χ2n) is 7.53. The Kier molecular flexibility index (Phi) is 6.70. The van der Waals surface area contributed by atoms with Crippen molar-refractivity contribution in [3.8, 4) is 0 Å². The van der Waals surface area contributed by atoms with Crippen LogP contribution in [0.4, 0.5) is 5.69 Å². The third-order valence-corrected chi connectivity index (χ3v) is 5.17. The molecule has 0 spiro atoms. The fraction of sp³-hybridized carbons (Fsp3) is 0.240. The summed E-state index contributed by atoms with van der Waals surface area (Å²) in [6, 6.07) is 18.4. The Labute approximate surface area is 181 Å². The minimum absolute atomic E-state index is 0.0959. The summed E-state index contributed by atoms with van der Waals surface area (Å²) in [6.07, 6.45) is -0.995. The number of amides is 1. The molecule has 0 fully saturated rings. The van der Waals surface area contributed by atoms with Gasteiger partial charge >= 0.3 is 5.97 Å². The minimum atomic E-state index is -0.995. The summed E-state index contributed by atoms with van der Waals surface area (Å²) in [5.41, 5.74) is 4.26. The number of carbonyl (C=O) groups excluding carboxylic acids is 3. The predicted octanol–water partition coefficient (Wildman–Crippen LogP) is 4.54. The summed E-state index contributed by atoms with van der Waals surface area (Å²) in [5, 5.41) is 2.68. The van der Waals surface area contributed by atoms with Gasteiger partial charge in [-0.05, 0) is 51.5 Å². The highest BCUT2D eigenvalue weighted by Gasteiger charge is 2.23. The van der Waals surface area contributed by atoms with E-state index in [2.05, 4.69) is 5.32 Å². The van der Waals surface area contributed by atoms with Crippen LogP contribution in [0, 0.1) is 13.8 Å². The first kappa shape index (κ1) is 22.0. The third-order valence-electron chi connectivity index (χ3n) is 5.17. The maximum Gasteiger partial charge on any atom is 0.340 e. The normalized spacial score (nSPS) is 11.6. The first-order chi connectivity index (χ1) is 14.8. The van der Waals surface area contributed by atoms with E-state index in [1.807, 2.05) is 48.7 Å². The van der Waals surface area contributed by atoms with Crippen molar-refractivity contribution in [3.05, 3.63) is 88.7 Å². The van der Waals surface area contributed by atoms with Crippen LogP contribution in [0.3, 0.4) is 0 Å². The summed E-state index contributed by atoms with van der Waals surface area (Å²) in [5.74, 6) is -1.11. The van der Waals surface area contributed by atoms with Gasteiger partial charge in [-0.2, -0.15) is 0 Å². The molecular weight excluding hydrogens is 392 g/mol. The number of ether oxygens (including phenoxy) is 1. The fourth-order valence-corrected chi connectivity index (χ4v) is 3.35. The number of aryl methyl sites for hydroxylation is 1. The van der Waals surface area contributed by atoms with Crippen LogP contribution in [0.1, 0.15) is 51.5 Å². The van der Waals surface area contributed by atoms with E-state index in [4.69, 9.17) is 4.74 Å². The van der Waals surface area contributed by atoms with Crippen LogP contribution in [0.5, 0.6) is 0 Å². The van der Waals surface area contributed by atoms with Crippen molar-refractivity contribution >= 4 is 23.3 Å². The van der Waals surface area contributed by atoms with Gasteiger partial charge in [0.15, 0.2) is 11.9 Å². The van der Waals surface area contributed by atoms with Crippen molar-refractivity contribution in [2.24, 2.45) is 0 Å². The van der Waals surface area contributed by atoms with E-state index in [1.165, 1.54) is 13.8 Å². The molecule has 0 unspecified atom stereocenters. The van der Waals surface area contributed by atoms with E-state index in [1.54, 1.807) is 30.3 Å². The largest absolute Gasteiger partial charge is 0.449 e. The van der Waals surface area contributed by atoms with Gasteiger partial charge in [-0.3, -0.25) is 9.59 Å². The van der Waals surface area contributed by atoms with Crippen LogP contribution >= 0.6 is 0 Å². The maximum atomic E-state index is 12.7. The summed E-state index contributed by atoms with van der Waals surface area (Å²) in [4.78, 5) is 36.7.